The van der Waals surface area contributed by atoms with Crippen LogP contribution < -0.4 is 10.9 Å². The first-order valence-electron chi connectivity index (χ1n) is 10.3. The lowest BCUT2D eigenvalue weighted by Gasteiger charge is -2.13. The molecule has 11 nitrogen and oxygen atoms in total. The molecule has 12 heteroatoms. The fraction of sp³-hybridized carbons (Fsp3) is 0.238. The highest BCUT2D eigenvalue weighted by atomic mass is 32.2. The van der Waals surface area contributed by atoms with Crippen LogP contribution in [-0.2, 0) is 17.1 Å². The number of nitrogens with one attached hydrogen (secondary N) is 2. The number of aromatic amines is 1. The Labute approximate surface area is 188 Å². The van der Waals surface area contributed by atoms with Crippen molar-refractivity contribution in [3.63, 3.8) is 0 Å². The van der Waals surface area contributed by atoms with Crippen molar-refractivity contribution in [2.24, 2.45) is 7.05 Å². The molecule has 0 spiro atoms. The van der Waals surface area contributed by atoms with Crippen molar-refractivity contribution >= 4 is 32.7 Å². The van der Waals surface area contributed by atoms with Crippen LogP contribution in [-0.4, -0.2) is 56.0 Å². The Hall–Kier alpha value is -3.77. The van der Waals surface area contributed by atoms with Crippen LogP contribution in [0.15, 0.2) is 58.7 Å². The molecule has 5 rings (SSSR count). The fourth-order valence-electron chi connectivity index (χ4n) is 3.96. The van der Waals surface area contributed by atoms with Gasteiger partial charge in [-0.3, -0.25) is 9.59 Å². The summed E-state index contributed by atoms with van der Waals surface area (Å²) in [6.45, 7) is 0.974. The second-order valence-electron chi connectivity index (χ2n) is 7.78. The molecule has 1 fully saturated rings. The van der Waals surface area contributed by atoms with Gasteiger partial charge in [0.1, 0.15) is 16.0 Å². The summed E-state index contributed by atoms with van der Waals surface area (Å²) < 4.78 is 30.2. The average molecular weight is 468 g/mol. The van der Waals surface area contributed by atoms with Gasteiger partial charge in [0.2, 0.25) is 10.0 Å². The lowest BCUT2D eigenvalue weighted by molar-refractivity contribution is 0.101. The van der Waals surface area contributed by atoms with E-state index in [4.69, 9.17) is 0 Å². The van der Waals surface area contributed by atoms with Gasteiger partial charge < -0.3 is 14.9 Å². The summed E-state index contributed by atoms with van der Waals surface area (Å²) in [6, 6.07) is 8.34. The van der Waals surface area contributed by atoms with Gasteiger partial charge in [-0.25, -0.2) is 18.1 Å². The number of benzene rings is 1. The number of carbonyl (C=O) groups is 1. The smallest absolute Gasteiger partial charge is 0.272 e. The molecule has 0 bridgehead atoms. The first-order chi connectivity index (χ1) is 15.9. The fourth-order valence-corrected chi connectivity index (χ4v) is 5.55. The summed E-state index contributed by atoms with van der Waals surface area (Å²) in [4.78, 5) is 31.9. The zero-order valence-corrected chi connectivity index (χ0v) is 18.5. The highest BCUT2D eigenvalue weighted by Crippen LogP contribution is 2.25. The Morgan fingerprint density at radius 1 is 1.18 bits per heavy atom. The second kappa shape index (κ2) is 7.98. The summed E-state index contributed by atoms with van der Waals surface area (Å²) in [5, 5.41) is 7.40. The average Bonchev–Trinajstić information content (AvgIpc) is 3.54. The minimum absolute atomic E-state index is 0.0897. The van der Waals surface area contributed by atoms with Crippen molar-refractivity contribution in [1.29, 1.82) is 0 Å². The van der Waals surface area contributed by atoms with E-state index < -0.39 is 15.9 Å². The molecule has 0 aliphatic carbocycles. The van der Waals surface area contributed by atoms with Gasteiger partial charge >= 0.3 is 0 Å². The van der Waals surface area contributed by atoms with Crippen LogP contribution in [0.5, 0.6) is 0 Å². The van der Waals surface area contributed by atoms with E-state index in [-0.39, 0.29) is 16.1 Å². The molecule has 33 heavy (non-hydrogen) atoms. The summed E-state index contributed by atoms with van der Waals surface area (Å²) in [5.41, 5.74) is 1.17. The summed E-state index contributed by atoms with van der Waals surface area (Å²) in [7, 11) is -2.02. The quantitative estimate of drug-likeness (QED) is 0.457. The van der Waals surface area contributed by atoms with Crippen molar-refractivity contribution in [2.75, 3.05) is 18.4 Å². The van der Waals surface area contributed by atoms with E-state index >= 15 is 0 Å². The van der Waals surface area contributed by atoms with Gasteiger partial charge in [0.15, 0.2) is 5.65 Å². The van der Waals surface area contributed by atoms with Crippen molar-refractivity contribution in [2.45, 2.75) is 17.7 Å². The third-order valence-electron chi connectivity index (χ3n) is 5.67. The van der Waals surface area contributed by atoms with Crippen LogP contribution in [0.3, 0.4) is 0 Å². The molecule has 3 aromatic heterocycles. The number of amides is 1. The topological polar surface area (TPSA) is 135 Å². The molecule has 0 radical (unpaired) electrons. The van der Waals surface area contributed by atoms with Crippen LogP contribution in [0.2, 0.25) is 0 Å². The Morgan fingerprint density at radius 3 is 2.73 bits per heavy atom. The van der Waals surface area contributed by atoms with Crippen molar-refractivity contribution in [1.82, 2.24) is 28.6 Å². The zero-order chi connectivity index (χ0) is 23.2. The summed E-state index contributed by atoms with van der Waals surface area (Å²) in [5.74, 6) is -0.477. The minimum Gasteiger partial charge on any atom is -0.345 e. The molecule has 1 amide bonds. The van der Waals surface area contributed by atoms with E-state index in [1.807, 2.05) is 0 Å². The predicted octanol–water partition coefficient (Wildman–Crippen LogP) is 1.48. The Balaban J connectivity index is 1.48. The lowest BCUT2D eigenvalue weighted by atomic mass is 10.2. The number of aryl methyl sites for hydroxylation is 1. The van der Waals surface area contributed by atoms with E-state index in [1.54, 1.807) is 31.3 Å². The third kappa shape index (κ3) is 3.62. The van der Waals surface area contributed by atoms with Gasteiger partial charge in [0.25, 0.3) is 11.5 Å². The predicted molar refractivity (Wildman–Crippen MR) is 121 cm³/mol. The molecular formula is C21H21N7O4S. The minimum atomic E-state index is -3.64. The number of nitrogens with zero attached hydrogens (tertiary/aromatic N) is 5. The SMILES string of the molecule is Cn1cc(S(=O)(=O)N2CCCC2)cc1C(=O)Nc1ccccc1-n1ncc2c(=O)[nH]cnc21. The molecule has 4 aromatic rings. The number of aromatic nitrogens is 5. The van der Waals surface area contributed by atoms with E-state index in [0.717, 1.165) is 12.8 Å². The number of hydrogen-bond donors (Lipinski definition) is 2. The highest BCUT2D eigenvalue weighted by molar-refractivity contribution is 7.89. The van der Waals surface area contributed by atoms with Crippen LogP contribution >= 0.6 is 0 Å². The zero-order valence-electron chi connectivity index (χ0n) is 17.7. The van der Waals surface area contributed by atoms with Crippen LogP contribution in [0.4, 0.5) is 5.69 Å². The molecule has 2 N–H and O–H groups in total. The summed E-state index contributed by atoms with van der Waals surface area (Å²) >= 11 is 0. The molecule has 1 aliphatic heterocycles. The molecule has 0 unspecified atom stereocenters. The number of hydrogen-bond acceptors (Lipinski definition) is 6. The monoisotopic (exact) mass is 467 g/mol. The van der Waals surface area contributed by atoms with Crippen LogP contribution in [0.25, 0.3) is 16.7 Å². The van der Waals surface area contributed by atoms with Crippen molar-refractivity contribution in [3.05, 3.63) is 65.1 Å². The largest absolute Gasteiger partial charge is 0.345 e. The number of H-pyrrole nitrogens is 1. The first-order valence-corrected chi connectivity index (χ1v) is 11.8. The Bertz CT molecular complexity index is 1530. The summed E-state index contributed by atoms with van der Waals surface area (Å²) in [6.07, 6.45) is 5.81. The van der Waals surface area contributed by atoms with E-state index in [2.05, 4.69) is 20.4 Å². The lowest BCUT2D eigenvalue weighted by Crippen LogP contribution is -2.27. The van der Waals surface area contributed by atoms with Crippen LogP contribution in [0, 0.1) is 0 Å². The normalized spacial score (nSPS) is 14.7. The van der Waals surface area contributed by atoms with Crippen molar-refractivity contribution < 1.29 is 13.2 Å². The third-order valence-corrected chi connectivity index (χ3v) is 7.53. The Kier molecular flexibility index (Phi) is 5.10. The number of rotatable bonds is 5. The number of sulfonamides is 1. The Morgan fingerprint density at radius 2 is 1.94 bits per heavy atom. The molecule has 1 aliphatic rings. The maximum absolute atomic E-state index is 13.1. The van der Waals surface area contributed by atoms with Crippen LogP contribution in [0.1, 0.15) is 23.3 Å². The van der Waals surface area contributed by atoms with Gasteiger partial charge in [-0.05, 0) is 31.0 Å². The molecule has 170 valence electrons. The van der Waals surface area contributed by atoms with Gasteiger partial charge in [-0.2, -0.15) is 9.40 Å². The molecule has 1 aromatic carbocycles. The number of fused-ring (bicyclic) bond motifs is 1. The molecule has 1 saturated heterocycles. The number of carbonyl (C=O) groups excluding carboxylic acids is 1. The first kappa shape index (κ1) is 21.1. The maximum atomic E-state index is 13.1. The van der Waals surface area contributed by atoms with E-state index in [1.165, 1.54) is 38.3 Å². The molecular weight excluding hydrogens is 446 g/mol. The van der Waals surface area contributed by atoms with Gasteiger partial charge in [-0.1, -0.05) is 12.1 Å². The maximum Gasteiger partial charge on any atom is 0.272 e. The molecule has 0 atom stereocenters. The number of para-hydroxylation sites is 2. The second-order valence-corrected chi connectivity index (χ2v) is 9.72. The van der Waals surface area contributed by atoms with Gasteiger partial charge in [0.05, 0.1) is 23.9 Å². The van der Waals surface area contributed by atoms with Gasteiger partial charge in [0, 0.05) is 26.3 Å². The van der Waals surface area contributed by atoms with E-state index in [9.17, 15) is 18.0 Å². The van der Waals surface area contributed by atoms with E-state index in [0.29, 0.717) is 35.5 Å². The van der Waals surface area contributed by atoms with Gasteiger partial charge in [-0.15, -0.1) is 0 Å². The molecule has 0 saturated carbocycles. The van der Waals surface area contributed by atoms with Crippen molar-refractivity contribution in [3.8, 4) is 5.69 Å². The molecule has 4 heterocycles. The standard InChI is InChI=1S/C21H21N7O4S/c1-26-12-14(33(31,32)27-8-4-5-9-27)10-18(26)21(30)25-16-6-2-3-7-17(16)28-19-15(11-24-28)20(29)23-13-22-19/h2-3,6-7,10-13H,4-5,8-9H2,1H3,(H,25,30)(H,22,23,29). The highest BCUT2D eigenvalue weighted by Gasteiger charge is 2.29. The number of anilines is 1.